The minimum Gasteiger partial charge on any atom is -0.379 e. The Balaban J connectivity index is 1.94. The van der Waals surface area contributed by atoms with E-state index in [-0.39, 0.29) is 11.9 Å². The molecule has 0 aromatic carbocycles. The zero-order chi connectivity index (χ0) is 12.3. The minimum atomic E-state index is -0.646. The lowest BCUT2D eigenvalue weighted by Gasteiger charge is -2.25. The third-order valence-electron chi connectivity index (χ3n) is 3.11. The van der Waals surface area contributed by atoms with Gasteiger partial charge in [0.1, 0.15) is 6.33 Å². The molecule has 0 bridgehead atoms. The fraction of sp³-hybridized carbons (Fsp3) is 0.545. The second kappa shape index (κ2) is 4.77. The molecule has 0 spiro atoms. The summed E-state index contributed by atoms with van der Waals surface area (Å²) in [6.07, 6.45) is 3.09. The van der Waals surface area contributed by atoms with Crippen LogP contribution in [-0.4, -0.2) is 35.1 Å². The van der Waals surface area contributed by atoms with E-state index in [9.17, 15) is 4.79 Å². The number of nitrogens with zero attached hydrogens (tertiary/aromatic N) is 2. The fourth-order valence-corrected chi connectivity index (χ4v) is 1.72. The van der Waals surface area contributed by atoms with Crippen LogP contribution in [0.2, 0.25) is 0 Å². The molecule has 1 fully saturated rings. The fourth-order valence-electron chi connectivity index (χ4n) is 1.72. The Kier molecular flexibility index (Phi) is 3.35. The van der Waals surface area contributed by atoms with Crippen molar-refractivity contribution < 1.29 is 9.53 Å². The number of nitrogens with one attached hydrogen (secondary N) is 1. The van der Waals surface area contributed by atoms with Gasteiger partial charge < -0.3 is 15.8 Å². The maximum atomic E-state index is 12.0. The van der Waals surface area contributed by atoms with Gasteiger partial charge in [0.2, 0.25) is 5.91 Å². The lowest BCUT2D eigenvalue weighted by Crippen LogP contribution is -2.49. The Bertz CT molecular complexity index is 398. The monoisotopic (exact) mass is 236 g/mol. The first-order valence-corrected chi connectivity index (χ1v) is 5.49. The van der Waals surface area contributed by atoms with Gasteiger partial charge in [-0.3, -0.25) is 4.79 Å². The second-order valence-electron chi connectivity index (χ2n) is 4.42. The standard InChI is InChI=1S/C11H16N4O2/c1-11(6-17-5-9(11)12)10(16)14-4-8-2-3-13-7-15-8/h2-3,7,9H,4-6,12H2,1H3,(H,14,16). The summed E-state index contributed by atoms with van der Waals surface area (Å²) in [4.78, 5) is 19.9. The Labute approximate surface area is 99.6 Å². The van der Waals surface area contributed by atoms with E-state index in [1.54, 1.807) is 12.3 Å². The quantitative estimate of drug-likeness (QED) is 0.735. The molecule has 1 amide bonds. The molecule has 1 saturated heterocycles. The molecule has 3 N–H and O–H groups in total. The predicted molar refractivity (Wildman–Crippen MR) is 60.8 cm³/mol. The number of ether oxygens (including phenoxy) is 1. The summed E-state index contributed by atoms with van der Waals surface area (Å²) in [5.74, 6) is -0.0962. The highest BCUT2D eigenvalue weighted by Crippen LogP contribution is 2.27. The number of hydrogen-bond donors (Lipinski definition) is 2. The number of aromatic nitrogens is 2. The predicted octanol–water partition coefficient (Wildman–Crippen LogP) is -0.543. The summed E-state index contributed by atoms with van der Waals surface area (Å²) >= 11 is 0. The van der Waals surface area contributed by atoms with E-state index < -0.39 is 5.41 Å². The number of hydrogen-bond acceptors (Lipinski definition) is 5. The lowest BCUT2D eigenvalue weighted by atomic mass is 9.85. The van der Waals surface area contributed by atoms with Gasteiger partial charge >= 0.3 is 0 Å². The summed E-state index contributed by atoms with van der Waals surface area (Å²) in [6, 6.07) is 1.50. The molecule has 1 aromatic rings. The zero-order valence-corrected chi connectivity index (χ0v) is 9.72. The molecule has 92 valence electrons. The van der Waals surface area contributed by atoms with Crippen LogP contribution in [0.25, 0.3) is 0 Å². The first-order chi connectivity index (χ1) is 8.13. The minimum absolute atomic E-state index is 0.0962. The smallest absolute Gasteiger partial charge is 0.230 e. The van der Waals surface area contributed by atoms with Crippen molar-refractivity contribution in [1.29, 1.82) is 0 Å². The molecule has 2 atom stereocenters. The van der Waals surface area contributed by atoms with Crippen LogP contribution in [0.5, 0.6) is 0 Å². The first-order valence-electron chi connectivity index (χ1n) is 5.49. The van der Waals surface area contributed by atoms with Crippen LogP contribution in [-0.2, 0) is 16.1 Å². The van der Waals surface area contributed by atoms with Gasteiger partial charge in [0.25, 0.3) is 0 Å². The molecule has 1 aliphatic heterocycles. The van der Waals surface area contributed by atoms with E-state index in [0.29, 0.717) is 19.8 Å². The topological polar surface area (TPSA) is 90.1 Å². The molecule has 2 rings (SSSR count). The lowest BCUT2D eigenvalue weighted by molar-refractivity contribution is -0.130. The van der Waals surface area contributed by atoms with Gasteiger partial charge in [-0.15, -0.1) is 0 Å². The highest BCUT2D eigenvalue weighted by atomic mass is 16.5. The highest BCUT2D eigenvalue weighted by molar-refractivity contribution is 5.83. The van der Waals surface area contributed by atoms with Crippen LogP contribution >= 0.6 is 0 Å². The third-order valence-corrected chi connectivity index (χ3v) is 3.11. The number of rotatable bonds is 3. The van der Waals surface area contributed by atoms with Crippen LogP contribution in [0.3, 0.4) is 0 Å². The summed E-state index contributed by atoms with van der Waals surface area (Å²) in [7, 11) is 0. The van der Waals surface area contributed by atoms with Crippen molar-refractivity contribution in [2.75, 3.05) is 13.2 Å². The van der Waals surface area contributed by atoms with Gasteiger partial charge in [0.15, 0.2) is 0 Å². The van der Waals surface area contributed by atoms with Gasteiger partial charge in [-0.05, 0) is 13.0 Å². The van der Waals surface area contributed by atoms with Crippen molar-refractivity contribution in [3.63, 3.8) is 0 Å². The van der Waals surface area contributed by atoms with Crippen LogP contribution in [0.15, 0.2) is 18.6 Å². The Hall–Kier alpha value is -1.53. The van der Waals surface area contributed by atoms with Crippen LogP contribution in [0.4, 0.5) is 0 Å². The van der Waals surface area contributed by atoms with Crippen molar-refractivity contribution in [2.45, 2.75) is 19.5 Å². The molecule has 0 aliphatic carbocycles. The van der Waals surface area contributed by atoms with E-state index in [0.717, 1.165) is 5.69 Å². The van der Waals surface area contributed by atoms with E-state index >= 15 is 0 Å². The Morgan fingerprint density at radius 2 is 2.59 bits per heavy atom. The summed E-state index contributed by atoms with van der Waals surface area (Å²) in [6.45, 7) is 2.99. The van der Waals surface area contributed by atoms with E-state index in [1.807, 2.05) is 6.92 Å². The van der Waals surface area contributed by atoms with Crippen molar-refractivity contribution in [2.24, 2.45) is 11.1 Å². The van der Waals surface area contributed by atoms with Gasteiger partial charge in [0.05, 0.1) is 30.9 Å². The van der Waals surface area contributed by atoms with Crippen LogP contribution in [0.1, 0.15) is 12.6 Å². The van der Waals surface area contributed by atoms with Crippen molar-refractivity contribution in [1.82, 2.24) is 15.3 Å². The van der Waals surface area contributed by atoms with Crippen LogP contribution < -0.4 is 11.1 Å². The molecular formula is C11H16N4O2. The highest BCUT2D eigenvalue weighted by Gasteiger charge is 2.44. The van der Waals surface area contributed by atoms with Gasteiger partial charge in [-0.25, -0.2) is 9.97 Å². The Morgan fingerprint density at radius 3 is 3.18 bits per heavy atom. The second-order valence-corrected chi connectivity index (χ2v) is 4.42. The number of nitrogens with two attached hydrogens (primary N) is 1. The molecule has 2 unspecified atom stereocenters. The molecule has 0 saturated carbocycles. The van der Waals surface area contributed by atoms with Crippen molar-refractivity contribution in [3.05, 3.63) is 24.3 Å². The molecular weight excluding hydrogens is 220 g/mol. The summed E-state index contributed by atoms with van der Waals surface area (Å²) in [5.41, 5.74) is 5.99. The number of carbonyl (C=O) groups excluding carboxylic acids is 1. The average Bonchev–Trinajstić information content (AvgIpc) is 2.69. The molecule has 1 aromatic heterocycles. The molecule has 17 heavy (non-hydrogen) atoms. The molecule has 6 nitrogen and oxygen atoms in total. The SMILES string of the molecule is CC1(C(=O)NCc2ccncn2)COCC1N. The van der Waals surface area contributed by atoms with E-state index in [1.165, 1.54) is 6.33 Å². The molecule has 2 heterocycles. The molecule has 6 heteroatoms. The van der Waals surface area contributed by atoms with E-state index in [2.05, 4.69) is 15.3 Å². The maximum Gasteiger partial charge on any atom is 0.230 e. The van der Waals surface area contributed by atoms with Gasteiger partial charge in [-0.2, -0.15) is 0 Å². The first kappa shape index (κ1) is 11.9. The summed E-state index contributed by atoms with van der Waals surface area (Å²) in [5, 5.41) is 2.82. The normalized spacial score (nSPS) is 28.0. The molecule has 1 aliphatic rings. The summed E-state index contributed by atoms with van der Waals surface area (Å²) < 4.78 is 5.23. The number of carbonyl (C=O) groups is 1. The molecule has 0 radical (unpaired) electrons. The Morgan fingerprint density at radius 1 is 1.76 bits per heavy atom. The van der Waals surface area contributed by atoms with Crippen molar-refractivity contribution in [3.8, 4) is 0 Å². The zero-order valence-electron chi connectivity index (χ0n) is 9.72. The number of amides is 1. The van der Waals surface area contributed by atoms with Crippen LogP contribution in [0, 0.1) is 5.41 Å². The maximum absolute atomic E-state index is 12.0. The van der Waals surface area contributed by atoms with Crippen molar-refractivity contribution >= 4 is 5.91 Å². The largest absolute Gasteiger partial charge is 0.379 e. The average molecular weight is 236 g/mol. The van der Waals surface area contributed by atoms with Gasteiger partial charge in [-0.1, -0.05) is 0 Å². The van der Waals surface area contributed by atoms with E-state index in [4.69, 9.17) is 10.5 Å². The van der Waals surface area contributed by atoms with Gasteiger partial charge in [0, 0.05) is 12.2 Å². The third kappa shape index (κ3) is 2.42.